The molecule has 1 N–H and O–H groups in total. The van der Waals surface area contributed by atoms with Crippen LogP contribution in [0.15, 0.2) is 23.0 Å². The first kappa shape index (κ1) is 18.6. The van der Waals surface area contributed by atoms with Gasteiger partial charge in [0.2, 0.25) is 0 Å². The fourth-order valence-corrected chi connectivity index (χ4v) is 3.81. The van der Waals surface area contributed by atoms with E-state index in [0.717, 1.165) is 25.1 Å². The molecule has 3 aromatic heterocycles. The lowest BCUT2D eigenvalue weighted by molar-refractivity contribution is 0.0950. The van der Waals surface area contributed by atoms with Crippen molar-refractivity contribution in [3.05, 3.63) is 29.7 Å². The van der Waals surface area contributed by atoms with E-state index in [2.05, 4.69) is 32.5 Å². The number of rotatable bonds is 5. The molecular formula is C20H26N6O2. The summed E-state index contributed by atoms with van der Waals surface area (Å²) in [5.41, 5.74) is 3.07. The van der Waals surface area contributed by atoms with Gasteiger partial charge in [0.25, 0.3) is 11.6 Å². The van der Waals surface area contributed by atoms with Crippen LogP contribution in [0.4, 0.5) is 0 Å². The van der Waals surface area contributed by atoms with Crippen molar-refractivity contribution in [3.8, 4) is 11.3 Å². The van der Waals surface area contributed by atoms with Crippen LogP contribution in [0.1, 0.15) is 35.3 Å². The molecule has 0 unspecified atom stereocenters. The molecule has 148 valence electrons. The smallest absolute Gasteiger partial charge is 0.259 e. The molecule has 1 saturated heterocycles. The van der Waals surface area contributed by atoms with Gasteiger partial charge in [-0.3, -0.25) is 9.48 Å². The number of likely N-dealkylation sites (tertiary alicyclic amines) is 1. The van der Waals surface area contributed by atoms with Crippen LogP contribution in [0.25, 0.3) is 22.4 Å². The molecule has 4 rings (SSSR count). The second-order valence-corrected chi connectivity index (χ2v) is 7.70. The third-order valence-corrected chi connectivity index (χ3v) is 5.54. The van der Waals surface area contributed by atoms with Gasteiger partial charge in [0.15, 0.2) is 0 Å². The molecule has 1 aliphatic heterocycles. The van der Waals surface area contributed by atoms with Crippen molar-refractivity contribution < 1.29 is 9.32 Å². The van der Waals surface area contributed by atoms with Crippen molar-refractivity contribution >= 4 is 17.0 Å². The summed E-state index contributed by atoms with van der Waals surface area (Å²) in [6, 6.07) is 1.80. The van der Waals surface area contributed by atoms with Crippen molar-refractivity contribution in [2.45, 2.75) is 26.2 Å². The minimum atomic E-state index is -0.114. The van der Waals surface area contributed by atoms with Gasteiger partial charge in [-0.25, -0.2) is 4.98 Å². The fourth-order valence-electron chi connectivity index (χ4n) is 3.81. The number of fused-ring (bicyclic) bond motifs is 1. The van der Waals surface area contributed by atoms with E-state index in [1.807, 2.05) is 20.2 Å². The zero-order valence-corrected chi connectivity index (χ0v) is 16.6. The average molecular weight is 382 g/mol. The van der Waals surface area contributed by atoms with Crippen LogP contribution in [0, 0.1) is 12.8 Å². The number of carbonyl (C=O) groups excluding carboxylic acids is 1. The van der Waals surface area contributed by atoms with Crippen LogP contribution in [-0.2, 0) is 7.05 Å². The van der Waals surface area contributed by atoms with Gasteiger partial charge >= 0.3 is 0 Å². The highest BCUT2D eigenvalue weighted by atomic mass is 16.5. The summed E-state index contributed by atoms with van der Waals surface area (Å²) in [5.74, 6) is 0.564. The maximum Gasteiger partial charge on any atom is 0.259 e. The Balaban J connectivity index is 1.53. The number of nitrogens with zero attached hydrogens (tertiary/aromatic N) is 5. The number of carbonyl (C=O) groups is 1. The molecule has 8 nitrogen and oxygen atoms in total. The summed E-state index contributed by atoms with van der Waals surface area (Å²) < 4.78 is 7.05. The van der Waals surface area contributed by atoms with E-state index in [-0.39, 0.29) is 5.91 Å². The lowest BCUT2D eigenvalue weighted by Gasteiger charge is -2.28. The number of amides is 1. The molecule has 1 fully saturated rings. The first-order valence-electron chi connectivity index (χ1n) is 9.74. The summed E-state index contributed by atoms with van der Waals surface area (Å²) >= 11 is 0. The van der Waals surface area contributed by atoms with Gasteiger partial charge in [-0.1, -0.05) is 5.16 Å². The number of aromatic nitrogens is 4. The van der Waals surface area contributed by atoms with Crippen LogP contribution < -0.4 is 5.32 Å². The third-order valence-electron chi connectivity index (χ3n) is 5.54. The van der Waals surface area contributed by atoms with Crippen molar-refractivity contribution in [2.24, 2.45) is 13.0 Å². The molecule has 0 aromatic carbocycles. The SMILES string of the molecule is Cc1noc2nc(-c3cnn(C)c3)cc(C(=O)NCCC3CCN(C)CC3)c12. The summed E-state index contributed by atoms with van der Waals surface area (Å²) in [5, 5.41) is 11.9. The van der Waals surface area contributed by atoms with Crippen molar-refractivity contribution in [2.75, 3.05) is 26.7 Å². The van der Waals surface area contributed by atoms with Crippen LogP contribution >= 0.6 is 0 Å². The van der Waals surface area contributed by atoms with Gasteiger partial charge in [0, 0.05) is 25.4 Å². The van der Waals surface area contributed by atoms with Gasteiger partial charge in [-0.05, 0) is 58.3 Å². The standard InChI is InChI=1S/C20H26N6O2/c1-13-18-16(19(27)21-7-4-14-5-8-25(2)9-6-14)10-17(23-20(18)28-24-13)15-11-22-26(3)12-15/h10-12,14H,4-9H2,1-3H3,(H,21,27). The molecule has 4 heterocycles. The quantitative estimate of drug-likeness (QED) is 0.729. The molecule has 0 atom stereocenters. The molecule has 0 saturated carbocycles. The van der Waals surface area contributed by atoms with E-state index in [0.29, 0.717) is 40.5 Å². The Kier molecular flexibility index (Phi) is 5.13. The molecule has 8 heteroatoms. The maximum absolute atomic E-state index is 13.0. The fraction of sp³-hybridized carbons (Fsp3) is 0.500. The summed E-state index contributed by atoms with van der Waals surface area (Å²) in [4.78, 5) is 19.8. The largest absolute Gasteiger partial charge is 0.352 e. The average Bonchev–Trinajstić information content (AvgIpc) is 3.28. The van der Waals surface area contributed by atoms with Gasteiger partial charge in [0.1, 0.15) is 0 Å². The summed E-state index contributed by atoms with van der Waals surface area (Å²) in [6.07, 6.45) is 6.98. The van der Waals surface area contributed by atoms with Gasteiger partial charge in [-0.15, -0.1) is 0 Å². The predicted molar refractivity (Wildman–Crippen MR) is 106 cm³/mol. The van der Waals surface area contributed by atoms with Crippen LogP contribution in [0.3, 0.4) is 0 Å². The van der Waals surface area contributed by atoms with Gasteiger partial charge in [0.05, 0.1) is 28.5 Å². The van der Waals surface area contributed by atoms with Crippen molar-refractivity contribution in [3.63, 3.8) is 0 Å². The lowest BCUT2D eigenvalue weighted by Crippen LogP contribution is -2.32. The zero-order valence-electron chi connectivity index (χ0n) is 16.6. The lowest BCUT2D eigenvalue weighted by atomic mass is 9.94. The van der Waals surface area contributed by atoms with Crippen LogP contribution in [0.5, 0.6) is 0 Å². The molecule has 0 radical (unpaired) electrons. The topological polar surface area (TPSA) is 89.1 Å². The number of pyridine rings is 1. The Bertz CT molecular complexity index is 984. The maximum atomic E-state index is 13.0. The van der Waals surface area contributed by atoms with E-state index in [1.165, 1.54) is 12.8 Å². The molecule has 3 aromatic rings. The van der Waals surface area contributed by atoms with E-state index >= 15 is 0 Å². The Hall–Kier alpha value is -2.74. The highest BCUT2D eigenvalue weighted by Gasteiger charge is 2.21. The minimum absolute atomic E-state index is 0.114. The third kappa shape index (κ3) is 3.77. The number of hydrogen-bond donors (Lipinski definition) is 1. The number of hydrogen-bond acceptors (Lipinski definition) is 6. The zero-order chi connectivity index (χ0) is 19.7. The monoisotopic (exact) mass is 382 g/mol. The Morgan fingerprint density at radius 3 is 2.82 bits per heavy atom. The summed E-state index contributed by atoms with van der Waals surface area (Å²) in [6.45, 7) is 4.77. The Labute approximate surface area is 163 Å². The molecule has 0 spiro atoms. The number of piperidine rings is 1. The Morgan fingerprint density at radius 1 is 1.32 bits per heavy atom. The van der Waals surface area contributed by atoms with Crippen molar-refractivity contribution in [1.29, 1.82) is 0 Å². The van der Waals surface area contributed by atoms with Crippen molar-refractivity contribution in [1.82, 2.24) is 30.1 Å². The molecule has 0 aliphatic carbocycles. The van der Waals surface area contributed by atoms with E-state index < -0.39 is 0 Å². The van der Waals surface area contributed by atoms with Gasteiger partial charge in [-0.2, -0.15) is 5.10 Å². The second-order valence-electron chi connectivity index (χ2n) is 7.70. The van der Waals surface area contributed by atoms with Crippen LogP contribution in [0.2, 0.25) is 0 Å². The summed E-state index contributed by atoms with van der Waals surface area (Å²) in [7, 11) is 4.01. The second kappa shape index (κ2) is 7.71. The molecule has 1 aliphatic rings. The molecule has 28 heavy (non-hydrogen) atoms. The number of aryl methyl sites for hydroxylation is 2. The van der Waals surface area contributed by atoms with E-state index in [1.54, 1.807) is 16.9 Å². The van der Waals surface area contributed by atoms with Gasteiger partial charge < -0.3 is 14.7 Å². The highest BCUT2D eigenvalue weighted by Crippen LogP contribution is 2.27. The Morgan fingerprint density at radius 2 is 2.11 bits per heavy atom. The first-order valence-corrected chi connectivity index (χ1v) is 9.74. The molecule has 0 bridgehead atoms. The minimum Gasteiger partial charge on any atom is -0.352 e. The molecular weight excluding hydrogens is 356 g/mol. The highest BCUT2D eigenvalue weighted by molar-refractivity contribution is 6.06. The molecule has 1 amide bonds. The first-order chi connectivity index (χ1) is 13.5. The van der Waals surface area contributed by atoms with E-state index in [9.17, 15) is 4.79 Å². The van der Waals surface area contributed by atoms with E-state index in [4.69, 9.17) is 4.52 Å². The number of nitrogens with one attached hydrogen (secondary N) is 1. The predicted octanol–water partition coefficient (Wildman–Crippen LogP) is 2.39. The normalized spacial score (nSPS) is 16.0. The van der Waals surface area contributed by atoms with Crippen LogP contribution in [-0.4, -0.2) is 57.4 Å².